The Hall–Kier alpha value is -1.63. The number of carbonyl (C=O) groups is 3. The van der Waals surface area contributed by atoms with Crippen LogP contribution in [0.2, 0.25) is 0 Å². The summed E-state index contributed by atoms with van der Waals surface area (Å²) in [5.41, 5.74) is 0. The van der Waals surface area contributed by atoms with Crippen LogP contribution in [0.1, 0.15) is 65.2 Å². The Bertz CT molecular complexity index is 736. The lowest BCUT2D eigenvalue weighted by atomic mass is 9.70. The van der Waals surface area contributed by atoms with Crippen LogP contribution in [0.25, 0.3) is 0 Å². The number of carbonyl (C=O) groups excluding carboxylic acids is 3. The number of fused-ring (bicyclic) bond motifs is 9. The van der Waals surface area contributed by atoms with E-state index < -0.39 is 17.8 Å². The summed E-state index contributed by atoms with van der Waals surface area (Å²) in [5.74, 6) is 2.07. The summed E-state index contributed by atoms with van der Waals surface area (Å²) in [4.78, 5) is 37.9. The van der Waals surface area contributed by atoms with Gasteiger partial charge in [0.25, 0.3) is 0 Å². The van der Waals surface area contributed by atoms with Crippen LogP contribution in [0.5, 0.6) is 0 Å². The lowest BCUT2D eigenvalue weighted by Crippen LogP contribution is -2.39. The number of ether oxygens (including phenoxy) is 4. The molecule has 4 rings (SSSR count). The van der Waals surface area contributed by atoms with Crippen LogP contribution >= 0.6 is 0 Å². The molecule has 4 aliphatic rings. The van der Waals surface area contributed by atoms with Crippen LogP contribution in [0.15, 0.2) is 0 Å². The zero-order valence-corrected chi connectivity index (χ0v) is 20.5. The molecule has 4 aliphatic carbocycles. The van der Waals surface area contributed by atoms with Crippen molar-refractivity contribution in [3.63, 3.8) is 0 Å². The van der Waals surface area contributed by atoms with Crippen LogP contribution in [0, 0.1) is 53.3 Å². The molecular weight excluding hydrogens is 424 g/mol. The molecule has 33 heavy (non-hydrogen) atoms. The number of hydrogen-bond donors (Lipinski definition) is 0. The zero-order valence-electron chi connectivity index (χ0n) is 20.5. The molecule has 0 aromatic carbocycles. The van der Waals surface area contributed by atoms with E-state index in [1.165, 1.54) is 39.9 Å². The summed E-state index contributed by atoms with van der Waals surface area (Å²) in [6.07, 6.45) is 7.43. The van der Waals surface area contributed by atoms with Gasteiger partial charge >= 0.3 is 17.9 Å². The number of rotatable bonds is 11. The van der Waals surface area contributed by atoms with E-state index in [1.807, 2.05) is 6.92 Å². The zero-order chi connectivity index (χ0) is 23.7. The molecule has 10 unspecified atom stereocenters. The Morgan fingerprint density at radius 1 is 0.848 bits per heavy atom. The molecule has 0 N–H and O–H groups in total. The first-order valence-corrected chi connectivity index (χ1v) is 12.8. The van der Waals surface area contributed by atoms with Crippen molar-refractivity contribution in [1.82, 2.24) is 0 Å². The average molecular weight is 465 g/mol. The molecule has 7 heteroatoms. The van der Waals surface area contributed by atoms with E-state index in [2.05, 4.69) is 0 Å². The average Bonchev–Trinajstić information content (AvgIpc) is 3.59. The van der Waals surface area contributed by atoms with Crippen molar-refractivity contribution < 1.29 is 33.3 Å². The Morgan fingerprint density at radius 2 is 1.58 bits per heavy atom. The van der Waals surface area contributed by atoms with E-state index in [9.17, 15) is 14.4 Å². The van der Waals surface area contributed by atoms with Gasteiger partial charge in [-0.15, -0.1) is 0 Å². The second-order valence-electron chi connectivity index (χ2n) is 10.9. The van der Waals surface area contributed by atoms with Gasteiger partial charge in [0.2, 0.25) is 0 Å². The molecule has 0 radical (unpaired) electrons. The molecule has 7 nitrogen and oxygen atoms in total. The first-order chi connectivity index (χ1) is 15.9. The normalized spacial score (nSPS) is 36.2. The van der Waals surface area contributed by atoms with Crippen molar-refractivity contribution >= 4 is 17.9 Å². The van der Waals surface area contributed by atoms with Gasteiger partial charge in [0, 0.05) is 7.11 Å². The number of esters is 3. The molecule has 0 aromatic rings. The summed E-state index contributed by atoms with van der Waals surface area (Å²) in [6.45, 7) is 3.54. The highest BCUT2D eigenvalue weighted by Gasteiger charge is 2.63. The second kappa shape index (κ2) is 10.3. The standard InChI is InChI=1S/C26H40O7/c1-5-15(25(28)32-13-30-3)9-19(8-14(2)24(27)31-4)26(29)33-21-12-18-11-20(21)23-17-7-6-16(10-17)22(18)23/h14-23H,5-13H2,1-4H3. The van der Waals surface area contributed by atoms with E-state index in [1.54, 1.807) is 6.92 Å². The van der Waals surface area contributed by atoms with Crippen molar-refractivity contribution in [3.05, 3.63) is 0 Å². The summed E-state index contributed by atoms with van der Waals surface area (Å²) in [5, 5.41) is 0. The molecule has 10 atom stereocenters. The molecule has 0 spiro atoms. The van der Waals surface area contributed by atoms with E-state index in [-0.39, 0.29) is 30.8 Å². The van der Waals surface area contributed by atoms with E-state index in [0.717, 1.165) is 30.1 Å². The maximum atomic E-state index is 13.4. The van der Waals surface area contributed by atoms with Gasteiger partial charge in [-0.3, -0.25) is 14.4 Å². The monoisotopic (exact) mass is 464 g/mol. The van der Waals surface area contributed by atoms with Crippen LogP contribution in [0.3, 0.4) is 0 Å². The largest absolute Gasteiger partial charge is 0.469 e. The van der Waals surface area contributed by atoms with Crippen molar-refractivity contribution in [1.29, 1.82) is 0 Å². The van der Waals surface area contributed by atoms with Gasteiger partial charge < -0.3 is 18.9 Å². The maximum Gasteiger partial charge on any atom is 0.311 e. The first kappa shape index (κ1) is 24.5. The van der Waals surface area contributed by atoms with E-state index >= 15 is 0 Å². The SMILES string of the molecule is CCC(CC(CC(C)C(=O)OC)C(=O)OC1CC2CC1C1C3CCC(C3)C21)C(=O)OCOC. The topological polar surface area (TPSA) is 88.1 Å². The van der Waals surface area contributed by atoms with Crippen molar-refractivity contribution in [2.24, 2.45) is 53.3 Å². The third-order valence-corrected chi connectivity index (χ3v) is 9.23. The minimum atomic E-state index is -0.547. The van der Waals surface area contributed by atoms with Gasteiger partial charge in [-0.05, 0) is 86.9 Å². The summed E-state index contributed by atoms with van der Waals surface area (Å²) in [6, 6.07) is 0. The lowest BCUT2D eigenvalue weighted by molar-refractivity contribution is -0.164. The predicted octanol–water partition coefficient (Wildman–Crippen LogP) is 3.98. The molecular formula is C26H40O7. The highest BCUT2D eigenvalue weighted by atomic mass is 16.7. The fraction of sp³-hybridized carbons (Fsp3) is 0.885. The Morgan fingerprint density at radius 3 is 2.24 bits per heavy atom. The molecule has 0 saturated heterocycles. The highest BCUT2D eigenvalue weighted by Crippen LogP contribution is 2.67. The summed E-state index contributed by atoms with van der Waals surface area (Å²) < 4.78 is 21.0. The third-order valence-electron chi connectivity index (χ3n) is 9.23. The van der Waals surface area contributed by atoms with Gasteiger partial charge in [0.1, 0.15) is 6.10 Å². The van der Waals surface area contributed by atoms with Crippen LogP contribution in [0.4, 0.5) is 0 Å². The number of methoxy groups -OCH3 is 2. The summed E-state index contributed by atoms with van der Waals surface area (Å²) >= 11 is 0. The third kappa shape index (κ3) is 4.80. The minimum absolute atomic E-state index is 0.0143. The quantitative estimate of drug-likeness (QED) is 0.198. The molecule has 0 heterocycles. The Balaban J connectivity index is 1.42. The van der Waals surface area contributed by atoms with Crippen LogP contribution in [-0.2, 0) is 33.3 Å². The van der Waals surface area contributed by atoms with Gasteiger partial charge in [-0.2, -0.15) is 0 Å². The first-order valence-electron chi connectivity index (χ1n) is 12.8. The van der Waals surface area contributed by atoms with Crippen LogP contribution in [-0.4, -0.2) is 45.0 Å². The van der Waals surface area contributed by atoms with E-state index in [4.69, 9.17) is 18.9 Å². The Kier molecular flexibility index (Phi) is 7.66. The maximum absolute atomic E-state index is 13.4. The molecule has 186 valence electrons. The van der Waals surface area contributed by atoms with Crippen molar-refractivity contribution in [2.75, 3.05) is 21.0 Å². The fourth-order valence-electron chi connectivity index (χ4n) is 7.91. The molecule has 4 fully saturated rings. The molecule has 4 bridgehead atoms. The van der Waals surface area contributed by atoms with Crippen molar-refractivity contribution in [3.8, 4) is 0 Å². The van der Waals surface area contributed by atoms with Crippen molar-refractivity contribution in [2.45, 2.75) is 71.3 Å². The van der Waals surface area contributed by atoms with Crippen LogP contribution < -0.4 is 0 Å². The highest BCUT2D eigenvalue weighted by molar-refractivity contribution is 5.77. The van der Waals surface area contributed by atoms with Gasteiger partial charge in [0.15, 0.2) is 6.79 Å². The fourth-order valence-corrected chi connectivity index (χ4v) is 7.91. The van der Waals surface area contributed by atoms with E-state index in [0.29, 0.717) is 31.1 Å². The molecule has 4 saturated carbocycles. The smallest absolute Gasteiger partial charge is 0.311 e. The summed E-state index contributed by atoms with van der Waals surface area (Å²) in [7, 11) is 2.81. The van der Waals surface area contributed by atoms with Gasteiger partial charge in [0.05, 0.1) is 24.9 Å². The second-order valence-corrected chi connectivity index (χ2v) is 10.9. The van der Waals surface area contributed by atoms with Gasteiger partial charge in [-0.25, -0.2) is 0 Å². The minimum Gasteiger partial charge on any atom is -0.469 e. The predicted molar refractivity (Wildman–Crippen MR) is 120 cm³/mol. The molecule has 0 aromatic heterocycles. The number of hydrogen-bond acceptors (Lipinski definition) is 7. The molecule has 0 amide bonds. The molecule has 0 aliphatic heterocycles. The van der Waals surface area contributed by atoms with Gasteiger partial charge in [-0.1, -0.05) is 13.8 Å². The lowest BCUT2D eigenvalue weighted by Gasteiger charge is -2.38. The Labute approximate surface area is 197 Å².